The molecule has 28 heavy (non-hydrogen) atoms. The quantitative estimate of drug-likeness (QED) is 0.727. The molecule has 4 rings (SSSR count). The first kappa shape index (κ1) is 18.6. The number of rotatable bonds is 4. The number of anilines is 1. The molecular formula is C20H23N5O2S. The molecule has 146 valence electrons. The van der Waals surface area contributed by atoms with Crippen molar-refractivity contribution in [2.45, 2.75) is 12.5 Å². The Kier molecular flexibility index (Phi) is 5.15. The van der Waals surface area contributed by atoms with E-state index in [2.05, 4.69) is 46.2 Å². The molecule has 1 fully saturated rings. The Morgan fingerprint density at radius 1 is 1.29 bits per heavy atom. The maximum atomic E-state index is 13.2. The second kappa shape index (κ2) is 7.73. The molecule has 3 heterocycles. The SMILES string of the molecule is COc1nc(N)nc2sc(C(=O)N3CCN(C)C(Cc4ccccc4)C3)cc12. The van der Waals surface area contributed by atoms with Gasteiger partial charge in [-0.2, -0.15) is 4.98 Å². The number of hydrogen-bond acceptors (Lipinski definition) is 7. The predicted molar refractivity (Wildman–Crippen MR) is 111 cm³/mol. The van der Waals surface area contributed by atoms with Crippen LogP contribution in [0.3, 0.4) is 0 Å². The van der Waals surface area contributed by atoms with Crippen molar-refractivity contribution in [3.05, 3.63) is 46.8 Å². The summed E-state index contributed by atoms with van der Waals surface area (Å²) >= 11 is 1.33. The van der Waals surface area contributed by atoms with Crippen LogP contribution in [0.25, 0.3) is 10.2 Å². The lowest BCUT2D eigenvalue weighted by Gasteiger charge is -2.39. The second-order valence-corrected chi connectivity index (χ2v) is 8.03. The van der Waals surface area contributed by atoms with Crippen molar-refractivity contribution in [3.8, 4) is 5.88 Å². The van der Waals surface area contributed by atoms with Crippen molar-refractivity contribution in [3.63, 3.8) is 0 Å². The number of carbonyl (C=O) groups excluding carboxylic acids is 1. The van der Waals surface area contributed by atoms with E-state index in [4.69, 9.17) is 10.5 Å². The molecule has 1 saturated heterocycles. The van der Waals surface area contributed by atoms with Crippen LogP contribution in [0.2, 0.25) is 0 Å². The largest absolute Gasteiger partial charge is 0.480 e. The average Bonchev–Trinajstić information content (AvgIpc) is 3.13. The number of carbonyl (C=O) groups is 1. The van der Waals surface area contributed by atoms with Gasteiger partial charge in [-0.1, -0.05) is 30.3 Å². The lowest BCUT2D eigenvalue weighted by Crippen LogP contribution is -2.53. The molecule has 1 unspecified atom stereocenters. The van der Waals surface area contributed by atoms with E-state index in [0.717, 1.165) is 18.4 Å². The molecule has 7 nitrogen and oxygen atoms in total. The zero-order valence-corrected chi connectivity index (χ0v) is 16.8. The fourth-order valence-electron chi connectivity index (χ4n) is 3.56. The number of methoxy groups -OCH3 is 1. The third-order valence-corrected chi connectivity index (χ3v) is 6.17. The highest BCUT2D eigenvalue weighted by molar-refractivity contribution is 7.20. The molecule has 1 aliphatic heterocycles. The van der Waals surface area contributed by atoms with E-state index in [1.54, 1.807) is 0 Å². The van der Waals surface area contributed by atoms with Gasteiger partial charge in [-0.05, 0) is 25.1 Å². The van der Waals surface area contributed by atoms with Crippen LogP contribution in [-0.2, 0) is 6.42 Å². The first-order chi connectivity index (χ1) is 13.5. The molecule has 1 amide bonds. The Balaban J connectivity index is 1.55. The number of nitrogens with two attached hydrogens (primary N) is 1. The van der Waals surface area contributed by atoms with E-state index in [1.807, 2.05) is 17.0 Å². The van der Waals surface area contributed by atoms with Gasteiger partial charge in [0, 0.05) is 25.7 Å². The Bertz CT molecular complexity index is 991. The van der Waals surface area contributed by atoms with E-state index < -0.39 is 0 Å². The summed E-state index contributed by atoms with van der Waals surface area (Å²) in [6.07, 6.45) is 0.920. The molecule has 0 spiro atoms. The number of aromatic nitrogens is 2. The monoisotopic (exact) mass is 397 g/mol. The van der Waals surface area contributed by atoms with Gasteiger partial charge in [0.05, 0.1) is 17.4 Å². The fourth-order valence-corrected chi connectivity index (χ4v) is 4.56. The fraction of sp³-hybridized carbons (Fsp3) is 0.350. The van der Waals surface area contributed by atoms with Crippen molar-refractivity contribution in [2.24, 2.45) is 0 Å². The third-order valence-electron chi connectivity index (χ3n) is 5.16. The van der Waals surface area contributed by atoms with Crippen molar-refractivity contribution >= 4 is 33.4 Å². The molecule has 1 aliphatic rings. The van der Waals surface area contributed by atoms with Gasteiger partial charge in [-0.15, -0.1) is 11.3 Å². The highest BCUT2D eigenvalue weighted by Crippen LogP contribution is 2.31. The minimum Gasteiger partial charge on any atom is -0.480 e. The summed E-state index contributed by atoms with van der Waals surface area (Å²) in [4.78, 5) is 27.1. The van der Waals surface area contributed by atoms with Crippen LogP contribution < -0.4 is 10.5 Å². The maximum Gasteiger partial charge on any atom is 0.264 e. The minimum absolute atomic E-state index is 0.0230. The molecular weight excluding hydrogens is 374 g/mol. The highest BCUT2D eigenvalue weighted by atomic mass is 32.1. The van der Waals surface area contributed by atoms with E-state index in [9.17, 15) is 4.79 Å². The summed E-state index contributed by atoms with van der Waals surface area (Å²) in [7, 11) is 3.66. The van der Waals surface area contributed by atoms with Crippen molar-refractivity contribution in [1.29, 1.82) is 0 Å². The molecule has 1 aromatic carbocycles. The number of hydrogen-bond donors (Lipinski definition) is 1. The van der Waals surface area contributed by atoms with Gasteiger partial charge in [0.15, 0.2) is 0 Å². The zero-order valence-electron chi connectivity index (χ0n) is 16.0. The van der Waals surface area contributed by atoms with Gasteiger partial charge in [0.25, 0.3) is 5.91 Å². The van der Waals surface area contributed by atoms with E-state index in [-0.39, 0.29) is 11.9 Å². The lowest BCUT2D eigenvalue weighted by molar-refractivity contribution is 0.0552. The first-order valence-corrected chi connectivity index (χ1v) is 10.0. The molecule has 2 N–H and O–H groups in total. The Labute approximate surface area is 167 Å². The van der Waals surface area contributed by atoms with Gasteiger partial charge in [0.2, 0.25) is 11.8 Å². The predicted octanol–water partition coefficient (Wildman–Crippen LogP) is 2.28. The summed E-state index contributed by atoms with van der Waals surface area (Å²) in [6.45, 7) is 2.26. The number of benzene rings is 1. The topological polar surface area (TPSA) is 84.6 Å². The van der Waals surface area contributed by atoms with Crippen molar-refractivity contribution < 1.29 is 9.53 Å². The molecule has 8 heteroatoms. The van der Waals surface area contributed by atoms with E-state index >= 15 is 0 Å². The van der Waals surface area contributed by atoms with Crippen LogP contribution in [0.5, 0.6) is 5.88 Å². The molecule has 1 atom stereocenters. The number of amides is 1. The Hall–Kier alpha value is -2.71. The molecule has 0 aliphatic carbocycles. The van der Waals surface area contributed by atoms with E-state index in [1.165, 1.54) is 24.0 Å². The van der Waals surface area contributed by atoms with Crippen molar-refractivity contribution in [2.75, 3.05) is 39.5 Å². The number of fused-ring (bicyclic) bond motifs is 1. The summed E-state index contributed by atoms with van der Waals surface area (Å²) in [6, 6.07) is 12.5. The van der Waals surface area contributed by atoms with Crippen LogP contribution in [0.4, 0.5) is 5.95 Å². The zero-order chi connectivity index (χ0) is 19.7. The van der Waals surface area contributed by atoms with Gasteiger partial charge >= 0.3 is 0 Å². The molecule has 0 radical (unpaired) electrons. The van der Waals surface area contributed by atoms with Crippen LogP contribution in [-0.4, -0.2) is 65.5 Å². The van der Waals surface area contributed by atoms with Crippen LogP contribution >= 0.6 is 11.3 Å². The number of thiophene rings is 1. The van der Waals surface area contributed by atoms with Gasteiger partial charge in [-0.3, -0.25) is 9.69 Å². The number of likely N-dealkylation sites (N-methyl/N-ethyl adjacent to an activating group) is 1. The first-order valence-electron chi connectivity index (χ1n) is 9.19. The molecule has 0 bridgehead atoms. The number of piperazine rings is 1. The number of ether oxygens (including phenoxy) is 1. The molecule has 3 aromatic rings. The summed E-state index contributed by atoms with van der Waals surface area (Å²) < 4.78 is 5.29. The van der Waals surface area contributed by atoms with Gasteiger partial charge in [-0.25, -0.2) is 4.98 Å². The summed E-state index contributed by atoms with van der Waals surface area (Å²) in [5.41, 5.74) is 7.02. The number of nitrogen functional groups attached to an aromatic ring is 1. The Morgan fingerprint density at radius 2 is 2.07 bits per heavy atom. The number of nitrogens with zero attached hydrogens (tertiary/aromatic N) is 4. The summed E-state index contributed by atoms with van der Waals surface area (Å²) in [5.74, 6) is 0.570. The average molecular weight is 398 g/mol. The summed E-state index contributed by atoms with van der Waals surface area (Å²) in [5, 5.41) is 0.722. The van der Waals surface area contributed by atoms with Crippen LogP contribution in [0.1, 0.15) is 15.2 Å². The smallest absolute Gasteiger partial charge is 0.264 e. The highest BCUT2D eigenvalue weighted by Gasteiger charge is 2.29. The maximum absolute atomic E-state index is 13.2. The van der Waals surface area contributed by atoms with E-state index in [0.29, 0.717) is 34.7 Å². The minimum atomic E-state index is 0.0230. The molecule has 0 saturated carbocycles. The van der Waals surface area contributed by atoms with Crippen LogP contribution in [0.15, 0.2) is 36.4 Å². The Morgan fingerprint density at radius 3 is 2.82 bits per heavy atom. The normalized spacial score (nSPS) is 17.8. The van der Waals surface area contributed by atoms with Gasteiger partial charge < -0.3 is 15.4 Å². The van der Waals surface area contributed by atoms with Gasteiger partial charge in [0.1, 0.15) is 4.83 Å². The molecule has 2 aromatic heterocycles. The van der Waals surface area contributed by atoms with Crippen molar-refractivity contribution in [1.82, 2.24) is 19.8 Å². The lowest BCUT2D eigenvalue weighted by atomic mass is 10.0. The second-order valence-electron chi connectivity index (χ2n) is 7.00. The van der Waals surface area contributed by atoms with Crippen LogP contribution in [0, 0.1) is 0 Å². The standard InChI is InChI=1S/C20H23N5O2S/c1-24-8-9-25(12-14(24)10-13-6-4-3-5-7-13)19(26)16-11-15-17(27-2)22-20(21)23-18(15)28-16/h3-7,11,14H,8-10,12H2,1-2H3,(H2,21,22,23). The third kappa shape index (κ3) is 3.65.